The van der Waals surface area contributed by atoms with Crippen molar-refractivity contribution in [3.63, 3.8) is 0 Å². The molecule has 108 valence electrons. The molecule has 0 aliphatic heterocycles. The molecule has 0 fully saturated rings. The summed E-state index contributed by atoms with van der Waals surface area (Å²) in [5, 5.41) is 10.7. The number of aliphatic hydroxyl groups is 1. The van der Waals surface area contributed by atoms with Crippen LogP contribution < -0.4 is 0 Å². The van der Waals surface area contributed by atoms with Crippen LogP contribution in [-0.4, -0.2) is 29.2 Å². The summed E-state index contributed by atoms with van der Waals surface area (Å²) in [5.74, 6) is -2.27. The van der Waals surface area contributed by atoms with E-state index in [4.69, 9.17) is 11.6 Å². The summed E-state index contributed by atoms with van der Waals surface area (Å²) >= 11 is 7.42. The minimum Gasteiger partial charge on any atom is -0.507 e. The first kappa shape index (κ1) is 16.6. The van der Waals surface area contributed by atoms with Crippen LogP contribution in [0.15, 0.2) is 29.2 Å². The Balaban J connectivity index is 3.16. The number of thioether (sulfide) groups is 1. The first-order valence-corrected chi connectivity index (χ1v) is 7.10. The van der Waals surface area contributed by atoms with Gasteiger partial charge in [0.2, 0.25) is 0 Å². The van der Waals surface area contributed by atoms with Crippen LogP contribution in [0.5, 0.6) is 0 Å². The van der Waals surface area contributed by atoms with E-state index in [1.165, 1.54) is 11.8 Å². The molecular weight excluding hydrogens is 300 g/mol. The van der Waals surface area contributed by atoms with Crippen molar-refractivity contribution in [2.45, 2.75) is 24.0 Å². The average molecular weight is 315 g/mol. The van der Waals surface area contributed by atoms with Crippen molar-refractivity contribution in [3.05, 3.63) is 34.9 Å². The number of methoxy groups -OCH3 is 1. The first-order valence-electron chi connectivity index (χ1n) is 5.84. The quantitative estimate of drug-likeness (QED) is 0.296. The largest absolute Gasteiger partial charge is 0.507 e. The molecule has 1 rings (SSSR count). The van der Waals surface area contributed by atoms with Gasteiger partial charge in [0.15, 0.2) is 0 Å². The molecule has 0 aliphatic carbocycles. The van der Waals surface area contributed by atoms with Crippen molar-refractivity contribution in [3.8, 4) is 0 Å². The molecule has 1 aromatic rings. The van der Waals surface area contributed by atoms with Gasteiger partial charge >= 0.3 is 5.97 Å². The average Bonchev–Trinajstić information content (AvgIpc) is 2.39. The number of carbonyl (C=O) groups is 2. The molecule has 20 heavy (non-hydrogen) atoms. The summed E-state index contributed by atoms with van der Waals surface area (Å²) in [6, 6.07) is 5.00. The lowest BCUT2D eigenvalue weighted by molar-refractivity contribution is -0.149. The highest BCUT2D eigenvalue weighted by Crippen LogP contribution is 2.32. The molecule has 0 atom stereocenters. The van der Waals surface area contributed by atoms with Crippen molar-refractivity contribution >= 4 is 40.9 Å². The molecule has 0 bridgehead atoms. The lowest BCUT2D eigenvalue weighted by Crippen LogP contribution is -2.13. The van der Waals surface area contributed by atoms with Gasteiger partial charge in [0.1, 0.15) is 5.76 Å². The van der Waals surface area contributed by atoms with Gasteiger partial charge in [-0.3, -0.25) is 4.79 Å². The van der Waals surface area contributed by atoms with E-state index >= 15 is 0 Å². The maximum absolute atomic E-state index is 11.4. The fraction of sp³-hybridized carbons (Fsp3) is 0.286. The Morgan fingerprint density at radius 1 is 1.40 bits per heavy atom. The third-order valence-corrected chi connectivity index (χ3v) is 3.55. The summed E-state index contributed by atoms with van der Waals surface area (Å²) in [6.45, 7) is 4.01. The SMILES string of the molecule is COC(=O)C(=O)/C=C(\O)c1cc(Cl)ccc1SC(C)C. The van der Waals surface area contributed by atoms with E-state index in [0.717, 1.165) is 18.1 Å². The molecule has 0 amide bonds. The van der Waals surface area contributed by atoms with Crippen molar-refractivity contribution in [1.29, 1.82) is 0 Å². The monoisotopic (exact) mass is 314 g/mol. The van der Waals surface area contributed by atoms with E-state index in [1.807, 2.05) is 13.8 Å². The van der Waals surface area contributed by atoms with Gasteiger partial charge in [0, 0.05) is 26.8 Å². The van der Waals surface area contributed by atoms with E-state index in [9.17, 15) is 14.7 Å². The minimum atomic E-state index is -1.03. The molecule has 6 heteroatoms. The van der Waals surface area contributed by atoms with Gasteiger partial charge in [0.25, 0.3) is 5.78 Å². The molecule has 0 aromatic heterocycles. The summed E-state index contributed by atoms with van der Waals surface area (Å²) in [7, 11) is 1.10. The van der Waals surface area contributed by atoms with E-state index < -0.39 is 11.8 Å². The van der Waals surface area contributed by atoms with Crippen LogP contribution in [0.2, 0.25) is 5.02 Å². The Labute approximate surface area is 126 Å². The first-order chi connectivity index (χ1) is 9.35. The number of benzene rings is 1. The van der Waals surface area contributed by atoms with Gasteiger partial charge < -0.3 is 9.84 Å². The standard InChI is InChI=1S/C14H15ClO4S/c1-8(2)20-13-5-4-9(15)6-10(13)11(16)7-12(17)14(18)19-3/h4-8,16H,1-3H3/b11-7-. The lowest BCUT2D eigenvalue weighted by atomic mass is 10.1. The highest BCUT2D eigenvalue weighted by Gasteiger charge is 2.15. The van der Waals surface area contributed by atoms with Crippen LogP contribution in [0, 0.1) is 0 Å². The van der Waals surface area contributed by atoms with Crippen LogP contribution in [0.3, 0.4) is 0 Å². The second-order valence-corrected chi connectivity index (χ2v) is 6.25. The Kier molecular flexibility index (Phi) is 6.10. The Hall–Kier alpha value is -1.46. The number of rotatable bonds is 5. The van der Waals surface area contributed by atoms with E-state index in [0.29, 0.717) is 15.8 Å². The van der Waals surface area contributed by atoms with E-state index in [2.05, 4.69) is 4.74 Å². The molecule has 0 saturated heterocycles. The maximum Gasteiger partial charge on any atom is 0.378 e. The molecule has 0 unspecified atom stereocenters. The normalized spacial score (nSPS) is 11.6. The molecule has 0 spiro atoms. The van der Waals surface area contributed by atoms with Crippen LogP contribution in [-0.2, 0) is 14.3 Å². The van der Waals surface area contributed by atoms with Gasteiger partial charge in [-0.2, -0.15) is 0 Å². The predicted molar refractivity (Wildman–Crippen MR) is 80.1 cm³/mol. The molecule has 0 aliphatic rings. The molecule has 1 N–H and O–H groups in total. The number of carbonyl (C=O) groups excluding carboxylic acids is 2. The van der Waals surface area contributed by atoms with Gasteiger partial charge in [-0.1, -0.05) is 25.4 Å². The summed E-state index contributed by atoms with van der Waals surface area (Å²) in [6.07, 6.45) is 0.835. The number of halogens is 1. The van der Waals surface area contributed by atoms with Gasteiger partial charge in [-0.15, -0.1) is 11.8 Å². The van der Waals surface area contributed by atoms with Crippen molar-refractivity contribution in [1.82, 2.24) is 0 Å². The molecule has 4 nitrogen and oxygen atoms in total. The number of ketones is 1. The Morgan fingerprint density at radius 3 is 2.60 bits per heavy atom. The van der Waals surface area contributed by atoms with E-state index in [1.54, 1.807) is 18.2 Å². The lowest BCUT2D eigenvalue weighted by Gasteiger charge is -2.11. The van der Waals surface area contributed by atoms with Crippen molar-refractivity contribution in [2.24, 2.45) is 0 Å². The topological polar surface area (TPSA) is 63.6 Å². The molecule has 0 radical (unpaired) electrons. The van der Waals surface area contributed by atoms with E-state index in [-0.39, 0.29) is 5.76 Å². The van der Waals surface area contributed by atoms with Gasteiger partial charge in [0.05, 0.1) is 7.11 Å². The zero-order valence-corrected chi connectivity index (χ0v) is 12.9. The summed E-state index contributed by atoms with van der Waals surface area (Å²) in [5.41, 5.74) is 0.411. The highest BCUT2D eigenvalue weighted by atomic mass is 35.5. The third kappa shape index (κ3) is 4.58. The summed E-state index contributed by atoms with van der Waals surface area (Å²) < 4.78 is 4.29. The van der Waals surface area contributed by atoms with Crippen molar-refractivity contribution < 1.29 is 19.4 Å². The predicted octanol–water partition coefficient (Wildman–Crippen LogP) is 3.48. The fourth-order valence-electron chi connectivity index (χ4n) is 1.42. The number of hydrogen-bond donors (Lipinski definition) is 1. The smallest absolute Gasteiger partial charge is 0.378 e. The van der Waals surface area contributed by atoms with Gasteiger partial charge in [-0.05, 0) is 18.2 Å². The van der Waals surface area contributed by atoms with Crippen LogP contribution >= 0.6 is 23.4 Å². The molecule has 0 heterocycles. The van der Waals surface area contributed by atoms with Crippen LogP contribution in [0.4, 0.5) is 0 Å². The number of hydrogen-bond acceptors (Lipinski definition) is 5. The zero-order chi connectivity index (χ0) is 15.3. The molecule has 0 saturated carbocycles. The Bertz CT molecular complexity index is 552. The highest BCUT2D eigenvalue weighted by molar-refractivity contribution is 8.00. The zero-order valence-electron chi connectivity index (χ0n) is 11.3. The molecule has 1 aromatic carbocycles. The number of esters is 1. The second kappa shape index (κ2) is 7.36. The van der Waals surface area contributed by atoms with Gasteiger partial charge in [-0.25, -0.2) is 4.79 Å². The maximum atomic E-state index is 11.4. The second-order valence-electron chi connectivity index (χ2n) is 4.19. The van der Waals surface area contributed by atoms with Crippen LogP contribution in [0.1, 0.15) is 19.4 Å². The molecular formula is C14H15ClO4S. The van der Waals surface area contributed by atoms with Crippen molar-refractivity contribution in [2.75, 3.05) is 7.11 Å². The third-order valence-electron chi connectivity index (χ3n) is 2.23. The summed E-state index contributed by atoms with van der Waals surface area (Å²) in [4.78, 5) is 23.2. The fourth-order valence-corrected chi connectivity index (χ4v) is 2.54. The number of ether oxygens (including phenoxy) is 1. The van der Waals surface area contributed by atoms with Crippen LogP contribution in [0.25, 0.3) is 5.76 Å². The minimum absolute atomic E-state index is 0.291. The Morgan fingerprint density at radius 2 is 2.05 bits per heavy atom. The number of aliphatic hydroxyl groups excluding tert-OH is 1.